The Bertz CT molecular complexity index is 349. The molecule has 68 valence electrons. The molecule has 0 radical (unpaired) electrons. The second-order valence-corrected chi connectivity index (χ2v) is 1.99. The van der Waals surface area contributed by atoms with Crippen LogP contribution in [0.3, 0.4) is 0 Å². The second-order valence-electron chi connectivity index (χ2n) is 1.99. The molecule has 0 amide bonds. The molecule has 0 saturated heterocycles. The molecule has 0 saturated carbocycles. The fourth-order valence-corrected chi connectivity index (χ4v) is 0.781. The summed E-state index contributed by atoms with van der Waals surface area (Å²) in [6.07, 6.45) is 0. The first-order chi connectivity index (χ1) is 5.75. The number of nitro benzene ring substituents is 1. The number of rotatable bonds is 2. The van der Waals surface area contributed by atoms with E-state index in [0.29, 0.717) is 0 Å². The number of hydrogen-bond acceptors (Lipinski definition) is 4. The van der Waals surface area contributed by atoms with E-state index in [4.69, 9.17) is 5.39 Å². The smallest absolute Gasteiger partial charge is 0.308 e. The highest BCUT2D eigenvalue weighted by molar-refractivity contribution is 5.61. The molecule has 13 heavy (non-hydrogen) atoms. The molecule has 0 heterocycles. The summed E-state index contributed by atoms with van der Waals surface area (Å²) in [5.74, 6) is 0. The van der Waals surface area contributed by atoms with Crippen molar-refractivity contribution in [1.29, 1.82) is 5.39 Å². The Morgan fingerprint density at radius 1 is 1.46 bits per heavy atom. The van der Waals surface area contributed by atoms with Gasteiger partial charge in [0, 0.05) is 6.07 Å². The van der Waals surface area contributed by atoms with Crippen LogP contribution in [-0.2, 0) is 0 Å². The molecule has 1 aromatic rings. The lowest BCUT2D eigenvalue weighted by molar-refractivity contribution is -0.383. The molecular weight excluding hydrogens is 196 g/mol. The summed E-state index contributed by atoms with van der Waals surface area (Å²) in [6.45, 7) is 0. The number of nitrogens with one attached hydrogen (secondary N) is 1. The summed E-state index contributed by atoms with van der Waals surface area (Å²) >= 11 is 0. The van der Waals surface area contributed by atoms with Gasteiger partial charge in [0.25, 0.3) is 11.1 Å². The second kappa shape index (κ2) is 4.90. The van der Waals surface area contributed by atoms with Gasteiger partial charge in [0.1, 0.15) is 0 Å². The summed E-state index contributed by atoms with van der Waals surface area (Å²) < 4.78 is 0. The van der Waals surface area contributed by atoms with E-state index in [1.165, 1.54) is 18.2 Å². The molecule has 7 heteroatoms. The van der Waals surface area contributed by atoms with Gasteiger partial charge in [0.05, 0.1) is 4.92 Å². The molecule has 0 aliphatic heterocycles. The van der Waals surface area contributed by atoms with Crippen molar-refractivity contribution in [2.45, 2.75) is 0 Å². The summed E-state index contributed by atoms with van der Waals surface area (Å²) in [6, 6.07) is 5.88. The number of hydrogen-bond donors (Lipinski definition) is 1. The van der Waals surface area contributed by atoms with Crippen LogP contribution >= 0.6 is 0 Å². The van der Waals surface area contributed by atoms with Gasteiger partial charge in [0.2, 0.25) is 0 Å². The van der Waals surface area contributed by atoms with Gasteiger partial charge < -0.3 is 12.4 Å². The first-order valence-electron chi connectivity index (χ1n) is 3.09. The van der Waals surface area contributed by atoms with Crippen LogP contribution < -0.4 is 17.8 Å². The van der Waals surface area contributed by atoms with Crippen molar-refractivity contribution < 1.29 is 17.3 Å². The lowest BCUT2D eigenvalue weighted by Crippen LogP contribution is -3.00. The highest BCUT2D eigenvalue weighted by atomic mass is 35.5. The first-order valence-corrected chi connectivity index (χ1v) is 3.09. The van der Waals surface area contributed by atoms with Crippen LogP contribution in [0.2, 0.25) is 0 Å². The van der Waals surface area contributed by atoms with Crippen LogP contribution in [0.5, 0.6) is 0 Å². The molecule has 1 rings (SSSR count). The Balaban J connectivity index is 0.00000144. The molecule has 6 nitrogen and oxygen atoms in total. The number of nitrogens with zero attached hydrogens (tertiary/aromatic N) is 3. The van der Waals surface area contributed by atoms with Gasteiger partial charge in [-0.3, -0.25) is 10.1 Å². The minimum absolute atomic E-state index is 0. The Morgan fingerprint density at radius 2 is 2.08 bits per heavy atom. The third-order valence-electron chi connectivity index (χ3n) is 1.27. The van der Waals surface area contributed by atoms with Gasteiger partial charge in [-0.2, -0.15) is 0 Å². The standard InChI is InChI=1S/C6H5N4O2.ClH/c7-9-8-5-3-1-2-4-6(5)10(11)12;/h1-4,8H;1H/q+1;/p-1. The van der Waals surface area contributed by atoms with E-state index >= 15 is 0 Å². The van der Waals surface area contributed by atoms with Crippen molar-refractivity contribution in [2.24, 2.45) is 0 Å². The average Bonchev–Trinajstić information content (AvgIpc) is 2.05. The van der Waals surface area contributed by atoms with E-state index < -0.39 is 4.92 Å². The number of halogens is 1. The molecule has 0 aliphatic carbocycles. The Hall–Kier alpha value is -1.87. The van der Waals surface area contributed by atoms with Crippen molar-refractivity contribution >= 4 is 11.4 Å². The van der Waals surface area contributed by atoms with Gasteiger partial charge in [0.15, 0.2) is 5.69 Å². The lowest BCUT2D eigenvalue weighted by atomic mass is 10.3. The number of diazo groups is 1. The van der Waals surface area contributed by atoms with E-state index in [-0.39, 0.29) is 23.8 Å². The third kappa shape index (κ3) is 2.57. The van der Waals surface area contributed by atoms with Gasteiger partial charge in [-0.05, 0) is 11.5 Å². The molecule has 0 fully saturated rings. The van der Waals surface area contributed by atoms with E-state index in [9.17, 15) is 10.1 Å². The third-order valence-corrected chi connectivity index (χ3v) is 1.27. The van der Waals surface area contributed by atoms with Gasteiger partial charge in [-0.25, -0.2) is 0 Å². The maximum atomic E-state index is 10.3. The van der Waals surface area contributed by atoms with Crippen LogP contribution in [0, 0.1) is 15.5 Å². The quantitative estimate of drug-likeness (QED) is 0.369. The van der Waals surface area contributed by atoms with Crippen molar-refractivity contribution in [3.63, 3.8) is 0 Å². The van der Waals surface area contributed by atoms with E-state index in [2.05, 4.69) is 10.5 Å². The summed E-state index contributed by atoms with van der Waals surface area (Å²) in [5, 5.41) is 21.1. The maximum Gasteiger partial charge on any atom is 0.308 e. The van der Waals surface area contributed by atoms with Crippen molar-refractivity contribution in [3.8, 4) is 0 Å². The molecule has 0 bridgehead atoms. The van der Waals surface area contributed by atoms with Crippen molar-refractivity contribution in [1.82, 2.24) is 0 Å². The molecule has 1 aromatic carbocycles. The van der Waals surface area contributed by atoms with Gasteiger partial charge in [-0.15, -0.1) is 0 Å². The predicted molar refractivity (Wildman–Crippen MR) is 41.8 cm³/mol. The largest absolute Gasteiger partial charge is 1.00 e. The molecule has 1 N–H and O–H groups in total. The van der Waals surface area contributed by atoms with Crippen LogP contribution in [0.25, 0.3) is 5.08 Å². The Labute approximate surface area is 79.7 Å². The van der Waals surface area contributed by atoms with E-state index in [0.717, 1.165) is 0 Å². The molecular formula is C6H5ClN4O2. The number of nitro groups is 1. The fourth-order valence-electron chi connectivity index (χ4n) is 0.781. The van der Waals surface area contributed by atoms with E-state index in [1.807, 2.05) is 0 Å². The van der Waals surface area contributed by atoms with Crippen LogP contribution in [0.15, 0.2) is 24.3 Å². The van der Waals surface area contributed by atoms with E-state index in [1.54, 1.807) is 6.07 Å². The monoisotopic (exact) mass is 200 g/mol. The van der Waals surface area contributed by atoms with Crippen molar-refractivity contribution in [2.75, 3.05) is 5.43 Å². The van der Waals surface area contributed by atoms with Crippen LogP contribution in [0.4, 0.5) is 11.4 Å². The molecule has 0 atom stereocenters. The van der Waals surface area contributed by atoms with Gasteiger partial charge in [-0.1, -0.05) is 12.1 Å². The molecule has 0 spiro atoms. The zero-order valence-corrected chi connectivity index (χ0v) is 7.10. The summed E-state index contributed by atoms with van der Waals surface area (Å²) in [5.41, 5.74) is 2.12. The SMILES string of the molecule is N#[N+]Nc1ccccc1[N+](=O)[O-].[Cl-]. The molecule has 0 unspecified atom stereocenters. The fraction of sp³-hybridized carbons (Fsp3) is 0. The Kier molecular flexibility index (Phi) is 4.19. The maximum absolute atomic E-state index is 10.3. The number of anilines is 1. The zero-order valence-electron chi connectivity index (χ0n) is 6.35. The predicted octanol–water partition coefficient (Wildman–Crippen LogP) is -1.22. The Morgan fingerprint density at radius 3 is 2.62 bits per heavy atom. The highest BCUT2D eigenvalue weighted by Gasteiger charge is 2.14. The lowest BCUT2D eigenvalue weighted by Gasteiger charge is -1.91. The first kappa shape index (κ1) is 11.1. The highest BCUT2D eigenvalue weighted by Crippen LogP contribution is 2.22. The normalized spacial score (nSPS) is 7.92. The minimum atomic E-state index is -0.562. The summed E-state index contributed by atoms with van der Waals surface area (Å²) in [4.78, 5) is 9.78. The number of para-hydroxylation sites is 2. The van der Waals surface area contributed by atoms with Gasteiger partial charge >= 0.3 is 5.08 Å². The van der Waals surface area contributed by atoms with Crippen LogP contribution in [-0.4, -0.2) is 4.92 Å². The summed E-state index contributed by atoms with van der Waals surface area (Å²) in [7, 11) is 0. The van der Waals surface area contributed by atoms with Crippen molar-refractivity contribution in [3.05, 3.63) is 39.5 Å². The number of benzene rings is 1. The molecule has 0 aliphatic rings. The zero-order chi connectivity index (χ0) is 8.97. The average molecular weight is 201 g/mol. The van der Waals surface area contributed by atoms with Crippen LogP contribution in [0.1, 0.15) is 0 Å². The minimum Gasteiger partial charge on any atom is -1.00 e. The molecule has 0 aromatic heterocycles. The topological polar surface area (TPSA) is 83.3 Å².